The second-order valence-electron chi connectivity index (χ2n) is 4.37. The van der Waals surface area contributed by atoms with Gasteiger partial charge in [-0.15, -0.1) is 0 Å². The molecule has 0 bridgehead atoms. The molecule has 76 valence electrons. The van der Waals surface area contributed by atoms with Crippen LogP contribution in [0.2, 0.25) is 0 Å². The molecule has 2 atom stereocenters. The van der Waals surface area contributed by atoms with E-state index in [0.717, 1.165) is 17.2 Å². The predicted molar refractivity (Wildman–Crippen MR) is 60.3 cm³/mol. The van der Waals surface area contributed by atoms with E-state index >= 15 is 0 Å². The molecular formula is C11H21NS. The fraction of sp³-hybridized carbons (Fsp3) is 1.00. The van der Waals surface area contributed by atoms with E-state index in [-0.39, 0.29) is 0 Å². The second kappa shape index (κ2) is 4.70. The number of hydrogen-bond acceptors (Lipinski definition) is 2. The Morgan fingerprint density at radius 3 is 2.77 bits per heavy atom. The van der Waals surface area contributed by atoms with Crippen LogP contribution >= 0.6 is 11.8 Å². The molecule has 2 rings (SSSR count). The lowest BCUT2D eigenvalue weighted by molar-refractivity contribution is 0.441. The van der Waals surface area contributed by atoms with Gasteiger partial charge in [0.25, 0.3) is 0 Å². The Morgan fingerprint density at radius 2 is 2.23 bits per heavy atom. The minimum atomic E-state index is 0.854. The van der Waals surface area contributed by atoms with Crippen LogP contribution in [0.15, 0.2) is 0 Å². The third kappa shape index (κ3) is 2.63. The van der Waals surface area contributed by atoms with Gasteiger partial charge < -0.3 is 5.32 Å². The quantitative estimate of drug-likeness (QED) is 0.730. The van der Waals surface area contributed by atoms with E-state index in [0.29, 0.717) is 0 Å². The van der Waals surface area contributed by atoms with Crippen molar-refractivity contribution in [3.8, 4) is 0 Å². The summed E-state index contributed by atoms with van der Waals surface area (Å²) in [6, 6.07) is 0.854. The first-order valence-electron chi connectivity index (χ1n) is 5.77. The highest BCUT2D eigenvalue weighted by Gasteiger charge is 2.37. The molecule has 1 heterocycles. The van der Waals surface area contributed by atoms with Crippen molar-refractivity contribution < 1.29 is 0 Å². The summed E-state index contributed by atoms with van der Waals surface area (Å²) in [6.45, 7) is 3.48. The molecule has 0 spiro atoms. The number of hydrogen-bond donors (Lipinski definition) is 1. The van der Waals surface area contributed by atoms with Crippen molar-refractivity contribution in [2.24, 2.45) is 5.92 Å². The number of nitrogens with one attached hydrogen (secondary N) is 1. The lowest BCUT2D eigenvalue weighted by Gasteiger charge is -2.23. The van der Waals surface area contributed by atoms with E-state index in [1.807, 2.05) is 0 Å². The molecule has 0 radical (unpaired) electrons. The minimum Gasteiger partial charge on any atom is -0.313 e. The fourth-order valence-electron chi connectivity index (χ4n) is 2.25. The Bertz CT molecular complexity index is 150. The molecule has 13 heavy (non-hydrogen) atoms. The maximum Gasteiger partial charge on any atom is 0.0214 e. The molecule has 2 fully saturated rings. The summed E-state index contributed by atoms with van der Waals surface area (Å²) in [7, 11) is 0. The predicted octanol–water partition coefficient (Wildman–Crippen LogP) is 2.66. The highest BCUT2D eigenvalue weighted by atomic mass is 32.2. The van der Waals surface area contributed by atoms with Crippen LogP contribution in [-0.4, -0.2) is 23.6 Å². The summed E-state index contributed by atoms with van der Waals surface area (Å²) in [5.74, 6) is 2.43. The molecule has 1 saturated carbocycles. The molecule has 1 aliphatic carbocycles. The average Bonchev–Trinajstić information content (AvgIpc) is 2.82. The Balaban J connectivity index is 1.80. The molecule has 2 aliphatic rings. The van der Waals surface area contributed by atoms with Crippen LogP contribution in [0.3, 0.4) is 0 Å². The smallest absolute Gasteiger partial charge is 0.0214 e. The topological polar surface area (TPSA) is 12.0 Å². The van der Waals surface area contributed by atoms with Crippen LogP contribution < -0.4 is 5.32 Å². The first-order chi connectivity index (χ1) is 6.42. The van der Waals surface area contributed by atoms with Crippen molar-refractivity contribution in [1.82, 2.24) is 5.32 Å². The van der Waals surface area contributed by atoms with E-state index in [4.69, 9.17) is 0 Å². The van der Waals surface area contributed by atoms with Crippen LogP contribution in [0.4, 0.5) is 0 Å². The third-order valence-corrected chi connectivity index (χ3v) is 4.61. The van der Waals surface area contributed by atoms with Gasteiger partial charge in [0, 0.05) is 11.3 Å². The van der Waals surface area contributed by atoms with Crippen molar-refractivity contribution in [1.29, 1.82) is 0 Å². The zero-order chi connectivity index (χ0) is 9.10. The van der Waals surface area contributed by atoms with Gasteiger partial charge >= 0.3 is 0 Å². The molecule has 2 unspecified atom stereocenters. The van der Waals surface area contributed by atoms with Crippen LogP contribution in [0.5, 0.6) is 0 Å². The van der Waals surface area contributed by atoms with Crippen molar-refractivity contribution in [2.75, 3.05) is 12.3 Å². The normalized spacial score (nSPS) is 30.7. The van der Waals surface area contributed by atoms with Crippen LogP contribution in [-0.2, 0) is 0 Å². The Kier molecular flexibility index (Phi) is 3.56. The maximum absolute atomic E-state index is 3.75. The van der Waals surface area contributed by atoms with E-state index in [1.54, 1.807) is 0 Å². The molecule has 0 aromatic rings. The van der Waals surface area contributed by atoms with E-state index < -0.39 is 0 Å². The lowest BCUT2D eigenvalue weighted by atomic mass is 10.1. The van der Waals surface area contributed by atoms with Gasteiger partial charge in [-0.2, -0.15) is 11.8 Å². The zero-order valence-electron chi connectivity index (χ0n) is 8.59. The molecule has 1 saturated heterocycles. The molecule has 0 aromatic carbocycles. The van der Waals surface area contributed by atoms with Crippen molar-refractivity contribution in [2.45, 2.75) is 50.3 Å². The van der Waals surface area contributed by atoms with Crippen molar-refractivity contribution in [3.63, 3.8) is 0 Å². The number of rotatable bonds is 5. The SMILES string of the molecule is CCCNC(C1CC1)C1CCCS1. The average molecular weight is 199 g/mol. The zero-order valence-corrected chi connectivity index (χ0v) is 9.41. The van der Waals surface area contributed by atoms with Gasteiger partial charge in [-0.1, -0.05) is 6.92 Å². The maximum atomic E-state index is 3.75. The third-order valence-electron chi connectivity index (χ3n) is 3.13. The highest BCUT2D eigenvalue weighted by Crippen LogP contribution is 2.40. The van der Waals surface area contributed by atoms with E-state index in [1.165, 1.54) is 44.4 Å². The summed E-state index contributed by atoms with van der Waals surface area (Å²) in [5.41, 5.74) is 0. The van der Waals surface area contributed by atoms with Crippen molar-refractivity contribution >= 4 is 11.8 Å². The van der Waals surface area contributed by atoms with Gasteiger partial charge in [-0.25, -0.2) is 0 Å². The summed E-state index contributed by atoms with van der Waals surface area (Å²) in [6.07, 6.45) is 7.16. The summed E-state index contributed by atoms with van der Waals surface area (Å²) >= 11 is 2.21. The Labute approximate surface area is 86.0 Å². The van der Waals surface area contributed by atoms with E-state index in [2.05, 4.69) is 24.0 Å². The van der Waals surface area contributed by atoms with Gasteiger partial charge in [-0.05, 0) is 50.3 Å². The monoisotopic (exact) mass is 199 g/mol. The molecule has 0 amide bonds. The molecule has 2 heteroatoms. The summed E-state index contributed by atoms with van der Waals surface area (Å²) in [4.78, 5) is 0. The highest BCUT2D eigenvalue weighted by molar-refractivity contribution is 8.00. The van der Waals surface area contributed by atoms with E-state index in [9.17, 15) is 0 Å². The summed E-state index contributed by atoms with van der Waals surface area (Å²) < 4.78 is 0. The van der Waals surface area contributed by atoms with Gasteiger partial charge in [0.15, 0.2) is 0 Å². The fourth-order valence-corrected chi connectivity index (χ4v) is 3.75. The van der Waals surface area contributed by atoms with Crippen molar-refractivity contribution in [3.05, 3.63) is 0 Å². The van der Waals surface area contributed by atoms with Crippen LogP contribution in [0, 0.1) is 5.92 Å². The van der Waals surface area contributed by atoms with Gasteiger partial charge in [-0.3, -0.25) is 0 Å². The summed E-state index contributed by atoms with van der Waals surface area (Å²) in [5, 5.41) is 4.70. The minimum absolute atomic E-state index is 0.854. The lowest BCUT2D eigenvalue weighted by Crippen LogP contribution is -2.39. The van der Waals surface area contributed by atoms with Crippen LogP contribution in [0.1, 0.15) is 39.0 Å². The van der Waals surface area contributed by atoms with Gasteiger partial charge in [0.1, 0.15) is 0 Å². The molecule has 0 aromatic heterocycles. The molecular weight excluding hydrogens is 178 g/mol. The largest absolute Gasteiger partial charge is 0.313 e. The first kappa shape index (κ1) is 9.85. The molecule has 1 nitrogen and oxygen atoms in total. The standard InChI is InChI=1S/C11H21NS/c1-2-7-12-11(9-5-6-9)10-4-3-8-13-10/h9-12H,2-8H2,1H3. The molecule has 1 aliphatic heterocycles. The van der Waals surface area contributed by atoms with Gasteiger partial charge in [0.2, 0.25) is 0 Å². The Morgan fingerprint density at radius 1 is 1.38 bits per heavy atom. The first-order valence-corrected chi connectivity index (χ1v) is 6.81. The molecule has 1 N–H and O–H groups in total. The van der Waals surface area contributed by atoms with Crippen LogP contribution in [0.25, 0.3) is 0 Å². The van der Waals surface area contributed by atoms with Gasteiger partial charge in [0.05, 0.1) is 0 Å². The Hall–Kier alpha value is 0.310. The second-order valence-corrected chi connectivity index (χ2v) is 5.72. The number of thioether (sulfide) groups is 1.